The maximum Gasteiger partial charge on any atom is 0.255 e. The first kappa shape index (κ1) is 16.8. The molecule has 6 heteroatoms. The van der Waals surface area contributed by atoms with Crippen molar-refractivity contribution in [2.75, 3.05) is 23.8 Å². The number of carbonyl (C=O) groups is 2. The van der Waals surface area contributed by atoms with Gasteiger partial charge in [-0.15, -0.1) is 0 Å². The second-order valence-electron chi connectivity index (χ2n) is 6.03. The number of anilines is 2. The molecule has 1 aliphatic heterocycles. The number of hydrogen-bond donors (Lipinski definition) is 2. The van der Waals surface area contributed by atoms with Crippen molar-refractivity contribution in [2.24, 2.45) is 5.92 Å². The quantitative estimate of drug-likeness (QED) is 0.895. The number of amides is 2. The fourth-order valence-corrected chi connectivity index (χ4v) is 2.32. The molecule has 0 fully saturated rings. The van der Waals surface area contributed by atoms with E-state index >= 15 is 0 Å². The third-order valence-electron chi connectivity index (χ3n) is 3.74. The van der Waals surface area contributed by atoms with Crippen molar-refractivity contribution in [1.29, 1.82) is 0 Å². The fraction of sp³-hybridized carbons (Fsp3) is 0.263. The van der Waals surface area contributed by atoms with Gasteiger partial charge in [0.05, 0.1) is 0 Å². The lowest BCUT2D eigenvalue weighted by Gasteiger charge is -2.19. The molecule has 0 aliphatic carbocycles. The average molecular weight is 340 g/mol. The van der Waals surface area contributed by atoms with Gasteiger partial charge in [-0.1, -0.05) is 13.8 Å². The van der Waals surface area contributed by atoms with Crippen LogP contribution in [0.3, 0.4) is 0 Å². The zero-order valence-electron chi connectivity index (χ0n) is 14.2. The Balaban J connectivity index is 1.66. The Kier molecular flexibility index (Phi) is 4.88. The first-order valence-corrected chi connectivity index (χ1v) is 8.15. The van der Waals surface area contributed by atoms with Gasteiger partial charge in [-0.2, -0.15) is 0 Å². The summed E-state index contributed by atoms with van der Waals surface area (Å²) in [6.07, 6.45) is 0. The fourth-order valence-electron chi connectivity index (χ4n) is 2.32. The van der Waals surface area contributed by atoms with Crippen LogP contribution in [0, 0.1) is 5.92 Å². The summed E-state index contributed by atoms with van der Waals surface area (Å²) in [4.78, 5) is 24.0. The van der Waals surface area contributed by atoms with E-state index in [-0.39, 0.29) is 17.7 Å². The first-order chi connectivity index (χ1) is 12.0. The second-order valence-corrected chi connectivity index (χ2v) is 6.03. The molecule has 2 amide bonds. The molecule has 2 N–H and O–H groups in total. The van der Waals surface area contributed by atoms with Gasteiger partial charge >= 0.3 is 0 Å². The second kappa shape index (κ2) is 7.25. The molecule has 0 saturated carbocycles. The normalized spacial score (nSPS) is 12.6. The smallest absolute Gasteiger partial charge is 0.255 e. The van der Waals surface area contributed by atoms with E-state index in [1.165, 1.54) is 0 Å². The van der Waals surface area contributed by atoms with Gasteiger partial charge in [-0.3, -0.25) is 9.59 Å². The van der Waals surface area contributed by atoms with Crippen LogP contribution in [0.25, 0.3) is 0 Å². The first-order valence-electron chi connectivity index (χ1n) is 8.15. The number of hydrogen-bond acceptors (Lipinski definition) is 4. The van der Waals surface area contributed by atoms with Gasteiger partial charge in [-0.25, -0.2) is 0 Å². The lowest BCUT2D eigenvalue weighted by Crippen LogP contribution is -2.18. The van der Waals surface area contributed by atoms with Crippen LogP contribution in [0.2, 0.25) is 0 Å². The Morgan fingerprint density at radius 1 is 0.880 bits per heavy atom. The lowest BCUT2D eigenvalue weighted by molar-refractivity contribution is -0.118. The van der Waals surface area contributed by atoms with Gasteiger partial charge in [0.25, 0.3) is 5.91 Å². The van der Waals surface area contributed by atoms with Crippen molar-refractivity contribution in [3.63, 3.8) is 0 Å². The van der Waals surface area contributed by atoms with Crippen molar-refractivity contribution in [3.8, 4) is 11.5 Å². The predicted molar refractivity (Wildman–Crippen MR) is 95.3 cm³/mol. The maximum atomic E-state index is 12.4. The Labute approximate surface area is 146 Å². The SMILES string of the molecule is CC(C)C(=O)Nc1ccc(C(=O)Nc2ccc3c(c2)OCCO3)cc1. The van der Waals surface area contributed by atoms with Crippen molar-refractivity contribution in [3.05, 3.63) is 48.0 Å². The van der Waals surface area contributed by atoms with E-state index in [0.29, 0.717) is 41.7 Å². The Morgan fingerprint density at radius 2 is 1.52 bits per heavy atom. The van der Waals surface area contributed by atoms with Crippen molar-refractivity contribution in [1.82, 2.24) is 0 Å². The van der Waals surface area contributed by atoms with E-state index in [2.05, 4.69) is 10.6 Å². The van der Waals surface area contributed by atoms with E-state index in [4.69, 9.17) is 9.47 Å². The third-order valence-corrected chi connectivity index (χ3v) is 3.74. The summed E-state index contributed by atoms with van der Waals surface area (Å²) in [5.41, 5.74) is 1.79. The highest BCUT2D eigenvalue weighted by Crippen LogP contribution is 2.32. The zero-order chi connectivity index (χ0) is 17.8. The van der Waals surface area contributed by atoms with Gasteiger partial charge in [0, 0.05) is 28.9 Å². The minimum absolute atomic E-state index is 0.0616. The maximum absolute atomic E-state index is 12.4. The highest BCUT2D eigenvalue weighted by atomic mass is 16.6. The highest BCUT2D eigenvalue weighted by Gasteiger charge is 2.14. The molecule has 0 saturated heterocycles. The molecule has 1 aliphatic rings. The summed E-state index contributed by atoms with van der Waals surface area (Å²) < 4.78 is 11.0. The summed E-state index contributed by atoms with van der Waals surface area (Å²) in [7, 11) is 0. The summed E-state index contributed by atoms with van der Waals surface area (Å²) >= 11 is 0. The Morgan fingerprint density at radius 3 is 2.20 bits per heavy atom. The number of nitrogens with one attached hydrogen (secondary N) is 2. The highest BCUT2D eigenvalue weighted by molar-refractivity contribution is 6.04. The molecule has 25 heavy (non-hydrogen) atoms. The Hall–Kier alpha value is -3.02. The molecule has 2 aromatic carbocycles. The molecule has 0 unspecified atom stereocenters. The molecule has 0 bridgehead atoms. The zero-order valence-corrected chi connectivity index (χ0v) is 14.2. The summed E-state index contributed by atoms with van der Waals surface area (Å²) in [5, 5.41) is 5.62. The standard InChI is InChI=1S/C19H20N2O4/c1-12(2)18(22)20-14-5-3-13(4-6-14)19(23)21-15-7-8-16-17(11-15)25-10-9-24-16/h3-8,11-12H,9-10H2,1-2H3,(H,20,22)(H,21,23). The van der Waals surface area contributed by atoms with Crippen LogP contribution in [0.4, 0.5) is 11.4 Å². The molecule has 6 nitrogen and oxygen atoms in total. The number of benzene rings is 2. The monoisotopic (exact) mass is 340 g/mol. The van der Waals surface area contributed by atoms with Gasteiger partial charge in [0.2, 0.25) is 5.91 Å². The summed E-state index contributed by atoms with van der Waals surface area (Å²) in [6, 6.07) is 12.0. The molecule has 0 aromatic heterocycles. The number of carbonyl (C=O) groups excluding carboxylic acids is 2. The average Bonchev–Trinajstić information content (AvgIpc) is 2.62. The molecular weight excluding hydrogens is 320 g/mol. The predicted octanol–water partition coefficient (Wildman–Crippen LogP) is 3.30. The molecule has 1 heterocycles. The van der Waals surface area contributed by atoms with Gasteiger partial charge in [0.1, 0.15) is 13.2 Å². The molecule has 3 rings (SSSR count). The molecular formula is C19H20N2O4. The molecule has 130 valence electrons. The number of fused-ring (bicyclic) bond motifs is 1. The van der Waals surface area contributed by atoms with E-state index in [1.807, 2.05) is 13.8 Å². The van der Waals surface area contributed by atoms with Crippen LogP contribution in [0.1, 0.15) is 24.2 Å². The topological polar surface area (TPSA) is 76.7 Å². The van der Waals surface area contributed by atoms with E-state index in [0.717, 1.165) is 0 Å². The van der Waals surface area contributed by atoms with Crippen LogP contribution in [0.15, 0.2) is 42.5 Å². The summed E-state index contributed by atoms with van der Waals surface area (Å²) in [6.45, 7) is 4.67. The summed E-state index contributed by atoms with van der Waals surface area (Å²) in [5.74, 6) is 0.898. The van der Waals surface area contributed by atoms with Crippen molar-refractivity contribution >= 4 is 23.2 Å². The number of ether oxygens (including phenoxy) is 2. The molecule has 0 radical (unpaired) electrons. The lowest BCUT2D eigenvalue weighted by atomic mass is 10.1. The molecule has 2 aromatic rings. The minimum Gasteiger partial charge on any atom is -0.486 e. The van der Waals surface area contributed by atoms with E-state index < -0.39 is 0 Å². The van der Waals surface area contributed by atoms with E-state index in [9.17, 15) is 9.59 Å². The van der Waals surface area contributed by atoms with Crippen molar-refractivity contribution in [2.45, 2.75) is 13.8 Å². The minimum atomic E-state index is -0.238. The van der Waals surface area contributed by atoms with Crippen LogP contribution < -0.4 is 20.1 Å². The van der Waals surface area contributed by atoms with Gasteiger partial charge in [-0.05, 0) is 36.4 Å². The molecule has 0 spiro atoms. The third kappa shape index (κ3) is 4.09. The van der Waals surface area contributed by atoms with Crippen molar-refractivity contribution < 1.29 is 19.1 Å². The largest absolute Gasteiger partial charge is 0.486 e. The van der Waals surface area contributed by atoms with E-state index in [1.54, 1.807) is 42.5 Å². The molecule has 0 atom stereocenters. The van der Waals surface area contributed by atoms with Crippen LogP contribution in [-0.4, -0.2) is 25.0 Å². The van der Waals surface area contributed by atoms with Crippen LogP contribution in [-0.2, 0) is 4.79 Å². The van der Waals surface area contributed by atoms with Gasteiger partial charge < -0.3 is 20.1 Å². The number of rotatable bonds is 4. The van der Waals surface area contributed by atoms with Crippen LogP contribution >= 0.6 is 0 Å². The van der Waals surface area contributed by atoms with Crippen LogP contribution in [0.5, 0.6) is 11.5 Å². The Bertz CT molecular complexity index is 785. The van der Waals surface area contributed by atoms with Gasteiger partial charge in [0.15, 0.2) is 11.5 Å².